The molecule has 1 aromatic rings. The molecule has 0 aliphatic heterocycles. The molecule has 0 radical (unpaired) electrons. The summed E-state index contributed by atoms with van der Waals surface area (Å²) < 4.78 is 30.6. The van der Waals surface area contributed by atoms with Crippen molar-refractivity contribution >= 4 is 15.9 Å². The summed E-state index contributed by atoms with van der Waals surface area (Å²) in [7, 11) is -2.42. The van der Waals surface area contributed by atoms with Gasteiger partial charge in [-0.1, -0.05) is 11.6 Å². The predicted octanol–water partition coefficient (Wildman–Crippen LogP) is 1.47. The summed E-state index contributed by atoms with van der Waals surface area (Å²) in [4.78, 5) is 11.4. The summed E-state index contributed by atoms with van der Waals surface area (Å²) in [5.41, 5.74) is 0.716. The fraction of sp³-hybridized carbons (Fsp3) is 0.250. The Labute approximate surface area is 107 Å². The molecule has 1 aromatic carbocycles. The first-order valence-corrected chi connectivity index (χ1v) is 6.69. The maximum absolute atomic E-state index is 11.9. The quantitative estimate of drug-likeness (QED) is 0.840. The molecule has 18 heavy (non-hydrogen) atoms. The largest absolute Gasteiger partial charge is 0.497 e. The van der Waals surface area contributed by atoms with Gasteiger partial charge in [-0.05, 0) is 26.0 Å². The monoisotopic (exact) mass is 269 g/mol. The van der Waals surface area contributed by atoms with Crippen molar-refractivity contribution in [1.82, 2.24) is 4.72 Å². The summed E-state index contributed by atoms with van der Waals surface area (Å²) in [5, 5.41) is 0. The van der Waals surface area contributed by atoms with Crippen LogP contribution in [0.15, 0.2) is 40.8 Å². The highest BCUT2D eigenvalue weighted by atomic mass is 32.2. The number of hydrogen-bond donors (Lipinski definition) is 1. The van der Waals surface area contributed by atoms with Gasteiger partial charge in [0.2, 0.25) is 0 Å². The van der Waals surface area contributed by atoms with Crippen LogP contribution in [0.5, 0.6) is 5.75 Å². The smallest absolute Gasteiger partial charge is 0.264 e. The van der Waals surface area contributed by atoms with E-state index in [0.29, 0.717) is 11.3 Å². The Morgan fingerprint density at radius 3 is 2.56 bits per heavy atom. The van der Waals surface area contributed by atoms with Crippen LogP contribution in [-0.4, -0.2) is 21.4 Å². The zero-order valence-electron chi connectivity index (χ0n) is 10.4. The van der Waals surface area contributed by atoms with E-state index >= 15 is 0 Å². The first kappa shape index (κ1) is 14.2. The van der Waals surface area contributed by atoms with E-state index in [1.54, 1.807) is 26.0 Å². The van der Waals surface area contributed by atoms with Crippen LogP contribution in [0.1, 0.15) is 13.8 Å². The van der Waals surface area contributed by atoms with Crippen LogP contribution < -0.4 is 9.46 Å². The minimum absolute atomic E-state index is 0.0163. The standard InChI is InChI=1S/C12H15NO4S/c1-9(2)7-12(14)13-18(15,16)11-6-4-5-10(8-11)17-3/h4-8H,1-3H3,(H,13,14). The number of hydrogen-bond acceptors (Lipinski definition) is 4. The fourth-order valence-electron chi connectivity index (χ4n) is 1.25. The highest BCUT2D eigenvalue weighted by Gasteiger charge is 2.16. The van der Waals surface area contributed by atoms with Gasteiger partial charge < -0.3 is 4.74 Å². The molecule has 98 valence electrons. The van der Waals surface area contributed by atoms with Crippen LogP contribution in [-0.2, 0) is 14.8 Å². The summed E-state index contributed by atoms with van der Waals surface area (Å²) in [5.74, 6) is -0.259. The number of carbonyl (C=O) groups is 1. The Hall–Kier alpha value is -1.82. The van der Waals surface area contributed by atoms with E-state index in [9.17, 15) is 13.2 Å². The summed E-state index contributed by atoms with van der Waals surface area (Å²) in [6.45, 7) is 3.41. The molecule has 0 aliphatic carbocycles. The number of carbonyl (C=O) groups excluding carboxylic acids is 1. The molecule has 0 aliphatic rings. The minimum atomic E-state index is -3.86. The molecule has 0 fully saturated rings. The van der Waals surface area contributed by atoms with E-state index in [2.05, 4.69) is 0 Å². The molecule has 1 N–H and O–H groups in total. The molecule has 6 heteroatoms. The number of ether oxygens (including phenoxy) is 1. The van der Waals surface area contributed by atoms with Gasteiger partial charge in [0.15, 0.2) is 0 Å². The second-order valence-electron chi connectivity index (χ2n) is 3.87. The molecule has 0 spiro atoms. The second kappa shape index (κ2) is 5.68. The molecule has 0 atom stereocenters. The molecule has 0 heterocycles. The Morgan fingerprint density at radius 1 is 1.33 bits per heavy atom. The lowest BCUT2D eigenvalue weighted by Gasteiger charge is -2.06. The van der Waals surface area contributed by atoms with Gasteiger partial charge in [0.25, 0.3) is 15.9 Å². The van der Waals surface area contributed by atoms with Crippen molar-refractivity contribution in [3.8, 4) is 5.75 Å². The molecule has 1 amide bonds. The molecule has 0 saturated heterocycles. The number of allylic oxidation sites excluding steroid dienone is 1. The van der Waals surface area contributed by atoms with Gasteiger partial charge in [0, 0.05) is 12.1 Å². The Bertz CT molecular complexity index is 571. The molecular weight excluding hydrogens is 254 g/mol. The van der Waals surface area contributed by atoms with Crippen LogP contribution in [0.25, 0.3) is 0 Å². The topological polar surface area (TPSA) is 72.5 Å². The van der Waals surface area contributed by atoms with Crippen molar-refractivity contribution in [3.63, 3.8) is 0 Å². The van der Waals surface area contributed by atoms with Crippen molar-refractivity contribution in [2.75, 3.05) is 7.11 Å². The minimum Gasteiger partial charge on any atom is -0.497 e. The van der Waals surface area contributed by atoms with Crippen molar-refractivity contribution in [2.24, 2.45) is 0 Å². The van der Waals surface area contributed by atoms with Gasteiger partial charge >= 0.3 is 0 Å². The lowest BCUT2D eigenvalue weighted by atomic mass is 10.3. The highest BCUT2D eigenvalue weighted by molar-refractivity contribution is 7.90. The first-order valence-electron chi connectivity index (χ1n) is 5.21. The van der Waals surface area contributed by atoms with E-state index in [-0.39, 0.29) is 4.90 Å². The van der Waals surface area contributed by atoms with Crippen molar-refractivity contribution in [3.05, 3.63) is 35.9 Å². The molecule has 0 saturated carbocycles. The van der Waals surface area contributed by atoms with Crippen LogP contribution in [0.2, 0.25) is 0 Å². The Balaban J connectivity index is 2.99. The van der Waals surface area contributed by atoms with Crippen LogP contribution in [0.4, 0.5) is 0 Å². The Kier molecular flexibility index (Phi) is 4.49. The molecule has 5 nitrogen and oxygen atoms in total. The van der Waals surface area contributed by atoms with Gasteiger partial charge in [-0.2, -0.15) is 0 Å². The molecule has 1 rings (SSSR count). The SMILES string of the molecule is COc1cccc(S(=O)(=O)NC(=O)C=C(C)C)c1. The van der Waals surface area contributed by atoms with E-state index in [1.807, 2.05) is 4.72 Å². The predicted molar refractivity (Wildman–Crippen MR) is 67.8 cm³/mol. The molecular formula is C12H15NO4S. The van der Waals surface area contributed by atoms with Gasteiger partial charge in [-0.15, -0.1) is 0 Å². The van der Waals surface area contributed by atoms with Crippen LogP contribution in [0.3, 0.4) is 0 Å². The molecule has 0 unspecified atom stereocenters. The van der Waals surface area contributed by atoms with E-state index in [0.717, 1.165) is 0 Å². The molecule has 0 bridgehead atoms. The normalized spacial score (nSPS) is 10.6. The summed E-state index contributed by atoms with van der Waals surface area (Å²) >= 11 is 0. The highest BCUT2D eigenvalue weighted by Crippen LogP contribution is 2.16. The third kappa shape index (κ3) is 3.89. The fourth-order valence-corrected chi connectivity index (χ4v) is 2.22. The van der Waals surface area contributed by atoms with Gasteiger partial charge in [0.1, 0.15) is 5.75 Å². The lowest BCUT2D eigenvalue weighted by molar-refractivity contribution is -0.114. The van der Waals surface area contributed by atoms with Crippen molar-refractivity contribution in [2.45, 2.75) is 18.7 Å². The maximum Gasteiger partial charge on any atom is 0.264 e. The Morgan fingerprint density at radius 2 is 2.00 bits per heavy atom. The van der Waals surface area contributed by atoms with Gasteiger partial charge in [0.05, 0.1) is 12.0 Å². The number of sulfonamides is 1. The van der Waals surface area contributed by atoms with Crippen LogP contribution >= 0.6 is 0 Å². The van der Waals surface area contributed by atoms with E-state index in [1.165, 1.54) is 25.3 Å². The maximum atomic E-state index is 11.9. The second-order valence-corrected chi connectivity index (χ2v) is 5.55. The lowest BCUT2D eigenvalue weighted by Crippen LogP contribution is -2.29. The van der Waals surface area contributed by atoms with Gasteiger partial charge in [-0.3, -0.25) is 4.79 Å². The number of amides is 1. The number of nitrogens with one attached hydrogen (secondary N) is 1. The van der Waals surface area contributed by atoms with Crippen molar-refractivity contribution in [1.29, 1.82) is 0 Å². The number of benzene rings is 1. The molecule has 0 aromatic heterocycles. The summed E-state index contributed by atoms with van der Waals surface area (Å²) in [6.07, 6.45) is 1.22. The van der Waals surface area contributed by atoms with Crippen LogP contribution in [0, 0.1) is 0 Å². The van der Waals surface area contributed by atoms with E-state index < -0.39 is 15.9 Å². The number of rotatable bonds is 4. The number of methoxy groups -OCH3 is 1. The third-order valence-electron chi connectivity index (χ3n) is 2.01. The average Bonchev–Trinajstić information content (AvgIpc) is 2.27. The van der Waals surface area contributed by atoms with Crippen molar-refractivity contribution < 1.29 is 17.9 Å². The first-order chi connectivity index (χ1) is 8.35. The van der Waals surface area contributed by atoms with E-state index in [4.69, 9.17) is 4.74 Å². The average molecular weight is 269 g/mol. The third-order valence-corrected chi connectivity index (χ3v) is 3.35. The zero-order chi connectivity index (χ0) is 13.8. The van der Waals surface area contributed by atoms with Gasteiger partial charge in [-0.25, -0.2) is 13.1 Å². The summed E-state index contributed by atoms with van der Waals surface area (Å²) in [6, 6.07) is 5.90. The zero-order valence-corrected chi connectivity index (χ0v) is 11.2.